The van der Waals surface area contributed by atoms with E-state index in [0.717, 1.165) is 17.4 Å². The highest BCUT2D eigenvalue weighted by atomic mass is 35.5. The number of sulfonamides is 2. The van der Waals surface area contributed by atoms with Crippen LogP contribution in [0.1, 0.15) is 0 Å². The fraction of sp³-hybridized carbons (Fsp3) is 0. The quantitative estimate of drug-likeness (QED) is 0.875. The van der Waals surface area contributed by atoms with Gasteiger partial charge in [-0.2, -0.15) is 0 Å². The first-order chi connectivity index (χ1) is 9.18. The van der Waals surface area contributed by atoms with E-state index in [-0.39, 0.29) is 14.8 Å². The van der Waals surface area contributed by atoms with Crippen molar-refractivity contribution < 1.29 is 16.8 Å². The summed E-state index contributed by atoms with van der Waals surface area (Å²) in [5.74, 6) is 0. The lowest BCUT2D eigenvalue weighted by atomic mass is 10.3. The standard InChI is InChI=1S/C10H9ClN2O4S3/c11-9-4-5-10(18-9)20(16,17)13-7-2-1-3-8(6-7)19(12,14)15/h1-6,13H,(H2,12,14,15). The van der Waals surface area contributed by atoms with Crippen molar-refractivity contribution in [3.63, 3.8) is 0 Å². The zero-order valence-corrected chi connectivity index (χ0v) is 13.0. The number of anilines is 1. The van der Waals surface area contributed by atoms with Gasteiger partial charge in [0.2, 0.25) is 10.0 Å². The van der Waals surface area contributed by atoms with E-state index in [1.807, 2.05) is 0 Å². The van der Waals surface area contributed by atoms with Gasteiger partial charge >= 0.3 is 0 Å². The molecule has 0 fully saturated rings. The van der Waals surface area contributed by atoms with Crippen molar-refractivity contribution in [2.75, 3.05) is 4.72 Å². The van der Waals surface area contributed by atoms with Gasteiger partial charge in [0.1, 0.15) is 4.21 Å². The van der Waals surface area contributed by atoms with Gasteiger partial charge in [-0.1, -0.05) is 17.7 Å². The van der Waals surface area contributed by atoms with Crippen molar-refractivity contribution >= 4 is 48.7 Å². The summed E-state index contributed by atoms with van der Waals surface area (Å²) in [5.41, 5.74) is 0.0982. The Labute approximate surface area is 125 Å². The predicted molar refractivity (Wildman–Crippen MR) is 78.0 cm³/mol. The summed E-state index contributed by atoms with van der Waals surface area (Å²) >= 11 is 6.58. The van der Waals surface area contributed by atoms with Gasteiger partial charge in [0.05, 0.1) is 14.9 Å². The van der Waals surface area contributed by atoms with Crippen molar-refractivity contribution in [1.82, 2.24) is 0 Å². The highest BCUT2D eigenvalue weighted by molar-refractivity contribution is 7.94. The molecule has 0 spiro atoms. The smallest absolute Gasteiger partial charge is 0.271 e. The molecule has 0 unspecified atom stereocenters. The van der Waals surface area contributed by atoms with Gasteiger partial charge in [-0.3, -0.25) is 4.72 Å². The van der Waals surface area contributed by atoms with Crippen LogP contribution in [0.4, 0.5) is 5.69 Å². The lowest BCUT2D eigenvalue weighted by Gasteiger charge is -2.07. The van der Waals surface area contributed by atoms with Crippen LogP contribution in [0.15, 0.2) is 45.5 Å². The summed E-state index contributed by atoms with van der Waals surface area (Å²) in [6.45, 7) is 0. The first-order valence-electron chi connectivity index (χ1n) is 5.09. The largest absolute Gasteiger partial charge is 0.279 e. The zero-order valence-electron chi connectivity index (χ0n) is 9.78. The van der Waals surface area contributed by atoms with Crippen LogP contribution in [0.2, 0.25) is 4.34 Å². The molecule has 2 aromatic rings. The van der Waals surface area contributed by atoms with Gasteiger partial charge in [-0.05, 0) is 30.3 Å². The van der Waals surface area contributed by atoms with Gasteiger partial charge < -0.3 is 0 Å². The van der Waals surface area contributed by atoms with E-state index in [1.54, 1.807) is 0 Å². The Morgan fingerprint density at radius 3 is 2.35 bits per heavy atom. The number of benzene rings is 1. The Bertz CT molecular complexity index is 843. The average molecular weight is 353 g/mol. The number of halogens is 1. The summed E-state index contributed by atoms with van der Waals surface area (Å²) in [4.78, 5) is -0.179. The molecule has 1 aromatic carbocycles. The van der Waals surface area contributed by atoms with Crippen LogP contribution >= 0.6 is 22.9 Å². The second-order valence-electron chi connectivity index (χ2n) is 3.74. The third kappa shape index (κ3) is 3.49. The monoisotopic (exact) mass is 352 g/mol. The lowest BCUT2D eigenvalue weighted by Crippen LogP contribution is -2.14. The number of hydrogen-bond acceptors (Lipinski definition) is 5. The molecule has 0 aliphatic carbocycles. The lowest BCUT2D eigenvalue weighted by molar-refractivity contribution is 0.596. The van der Waals surface area contributed by atoms with E-state index in [0.29, 0.717) is 4.34 Å². The minimum Gasteiger partial charge on any atom is -0.279 e. The van der Waals surface area contributed by atoms with Crippen LogP contribution < -0.4 is 9.86 Å². The number of rotatable bonds is 4. The third-order valence-electron chi connectivity index (χ3n) is 2.23. The van der Waals surface area contributed by atoms with E-state index in [2.05, 4.69) is 4.72 Å². The Balaban J connectivity index is 2.35. The van der Waals surface area contributed by atoms with Crippen LogP contribution in [0, 0.1) is 0 Å². The van der Waals surface area contributed by atoms with Crippen LogP contribution in [0.3, 0.4) is 0 Å². The van der Waals surface area contributed by atoms with Gasteiger partial charge in [0, 0.05) is 0 Å². The minimum atomic E-state index is -3.89. The Kier molecular flexibility index (Phi) is 4.07. The maximum Gasteiger partial charge on any atom is 0.271 e. The van der Waals surface area contributed by atoms with Gasteiger partial charge in [0.25, 0.3) is 10.0 Å². The number of nitrogens with two attached hydrogens (primary N) is 1. The van der Waals surface area contributed by atoms with Crippen molar-refractivity contribution in [3.8, 4) is 0 Å². The molecule has 0 aliphatic heterocycles. The molecule has 1 heterocycles. The Morgan fingerprint density at radius 1 is 1.10 bits per heavy atom. The van der Waals surface area contributed by atoms with E-state index >= 15 is 0 Å². The van der Waals surface area contributed by atoms with Crippen LogP contribution in [-0.2, 0) is 20.0 Å². The fourth-order valence-electron chi connectivity index (χ4n) is 1.38. The van der Waals surface area contributed by atoms with E-state index in [9.17, 15) is 16.8 Å². The molecule has 0 aliphatic rings. The summed E-state index contributed by atoms with van der Waals surface area (Å²) in [6, 6.07) is 8.04. The molecule has 6 nitrogen and oxygen atoms in total. The highest BCUT2D eigenvalue weighted by Crippen LogP contribution is 2.27. The van der Waals surface area contributed by atoms with Crippen molar-refractivity contribution in [2.24, 2.45) is 5.14 Å². The summed E-state index contributed by atoms with van der Waals surface area (Å²) in [6.07, 6.45) is 0. The zero-order chi connectivity index (χ0) is 15.0. The van der Waals surface area contributed by atoms with Crippen LogP contribution in [0.25, 0.3) is 0 Å². The van der Waals surface area contributed by atoms with Crippen molar-refractivity contribution in [2.45, 2.75) is 9.10 Å². The molecule has 3 N–H and O–H groups in total. The maximum absolute atomic E-state index is 12.0. The van der Waals surface area contributed by atoms with E-state index in [1.165, 1.54) is 30.3 Å². The van der Waals surface area contributed by atoms with Crippen molar-refractivity contribution in [1.29, 1.82) is 0 Å². The van der Waals surface area contributed by atoms with Gasteiger partial charge in [-0.15, -0.1) is 11.3 Å². The molecule has 0 saturated carbocycles. The molecular formula is C10H9ClN2O4S3. The Morgan fingerprint density at radius 2 is 1.80 bits per heavy atom. The molecular weight excluding hydrogens is 344 g/mol. The SMILES string of the molecule is NS(=O)(=O)c1cccc(NS(=O)(=O)c2ccc(Cl)s2)c1. The average Bonchev–Trinajstić information content (AvgIpc) is 2.75. The molecule has 10 heteroatoms. The molecule has 108 valence electrons. The molecule has 0 radical (unpaired) electrons. The van der Waals surface area contributed by atoms with E-state index < -0.39 is 20.0 Å². The fourth-order valence-corrected chi connectivity index (χ4v) is 4.48. The van der Waals surface area contributed by atoms with Crippen LogP contribution in [-0.4, -0.2) is 16.8 Å². The van der Waals surface area contributed by atoms with Gasteiger partial charge in [0.15, 0.2) is 0 Å². The predicted octanol–water partition coefficient (Wildman–Crippen LogP) is 1.85. The molecule has 2 rings (SSSR count). The Hall–Kier alpha value is -1.13. The van der Waals surface area contributed by atoms with Crippen LogP contribution in [0.5, 0.6) is 0 Å². The first kappa shape index (κ1) is 15.3. The van der Waals surface area contributed by atoms with E-state index in [4.69, 9.17) is 16.7 Å². The third-order valence-corrected chi connectivity index (χ3v) is 6.24. The number of nitrogens with one attached hydrogen (secondary N) is 1. The molecule has 0 atom stereocenters. The molecule has 20 heavy (non-hydrogen) atoms. The number of hydrogen-bond donors (Lipinski definition) is 2. The maximum atomic E-state index is 12.0. The minimum absolute atomic E-state index is 0.0310. The molecule has 0 bridgehead atoms. The molecule has 1 aromatic heterocycles. The summed E-state index contributed by atoms with van der Waals surface area (Å²) in [7, 11) is -7.70. The van der Waals surface area contributed by atoms with Gasteiger partial charge in [-0.25, -0.2) is 22.0 Å². The normalized spacial score (nSPS) is 12.3. The summed E-state index contributed by atoms with van der Waals surface area (Å²) < 4.78 is 49.1. The highest BCUT2D eigenvalue weighted by Gasteiger charge is 2.17. The second kappa shape index (κ2) is 5.34. The topological polar surface area (TPSA) is 106 Å². The first-order valence-corrected chi connectivity index (χ1v) is 9.32. The second-order valence-corrected chi connectivity index (χ2v) is 8.92. The molecule has 0 amide bonds. The van der Waals surface area contributed by atoms with Crippen molar-refractivity contribution in [3.05, 3.63) is 40.7 Å². The summed E-state index contributed by atoms with van der Waals surface area (Å²) in [5, 5.41) is 4.98. The number of thiophene rings is 1. The molecule has 0 saturated heterocycles. The number of primary sulfonamides is 1.